The van der Waals surface area contributed by atoms with Crippen molar-refractivity contribution in [3.05, 3.63) is 47.8 Å². The second kappa shape index (κ2) is 5.68. The number of imidazole rings is 1. The fourth-order valence-electron chi connectivity index (χ4n) is 3.10. The van der Waals surface area contributed by atoms with E-state index in [1.54, 1.807) is 17.1 Å². The Hall–Kier alpha value is -2.17. The number of rotatable bonds is 3. The molecule has 1 amide bonds. The van der Waals surface area contributed by atoms with Gasteiger partial charge in [-0.1, -0.05) is 6.07 Å². The zero-order valence-electron chi connectivity index (χ0n) is 12.5. The molecule has 0 N–H and O–H groups in total. The van der Waals surface area contributed by atoms with Crippen LogP contribution >= 0.6 is 0 Å². The first-order chi connectivity index (χ1) is 10.2. The Kier molecular flexibility index (Phi) is 3.73. The molecule has 3 rings (SSSR count). The molecule has 0 aliphatic heterocycles. The van der Waals surface area contributed by atoms with Crippen molar-refractivity contribution in [2.75, 3.05) is 6.54 Å². The first-order valence-electron chi connectivity index (χ1n) is 7.43. The highest BCUT2D eigenvalue weighted by molar-refractivity contribution is 5.92. The van der Waals surface area contributed by atoms with Crippen molar-refractivity contribution in [1.29, 1.82) is 0 Å². The zero-order chi connectivity index (χ0) is 14.8. The third-order valence-electron chi connectivity index (χ3n) is 4.18. The molecule has 0 saturated carbocycles. The lowest BCUT2D eigenvalue weighted by molar-refractivity contribution is 0.0655. The van der Waals surface area contributed by atoms with E-state index in [1.807, 2.05) is 31.1 Å². The lowest BCUT2D eigenvalue weighted by Gasteiger charge is -2.34. The van der Waals surface area contributed by atoms with Gasteiger partial charge in [0.25, 0.3) is 5.91 Å². The van der Waals surface area contributed by atoms with Crippen molar-refractivity contribution in [3.63, 3.8) is 0 Å². The Balaban J connectivity index is 1.95. The molecule has 1 aliphatic carbocycles. The number of carbonyl (C=O) groups excluding carboxylic acids is 1. The molecule has 2 heterocycles. The number of fused-ring (bicyclic) bond motifs is 1. The van der Waals surface area contributed by atoms with E-state index in [0.717, 1.165) is 25.0 Å². The van der Waals surface area contributed by atoms with E-state index in [-0.39, 0.29) is 11.9 Å². The van der Waals surface area contributed by atoms with Crippen molar-refractivity contribution in [2.45, 2.75) is 32.2 Å². The predicted molar refractivity (Wildman–Crippen MR) is 79.8 cm³/mol. The van der Waals surface area contributed by atoms with Crippen LogP contribution in [0.3, 0.4) is 0 Å². The van der Waals surface area contributed by atoms with Gasteiger partial charge in [0.05, 0.1) is 24.3 Å². The molecule has 0 bridgehead atoms. The monoisotopic (exact) mass is 284 g/mol. The number of aryl methyl sites for hydroxylation is 2. The molecule has 2 aromatic heterocycles. The summed E-state index contributed by atoms with van der Waals surface area (Å²) < 4.78 is 1.77. The number of hydrogen-bond acceptors (Lipinski definition) is 3. The Morgan fingerprint density at radius 3 is 3.10 bits per heavy atom. The Morgan fingerprint density at radius 2 is 2.38 bits per heavy atom. The highest BCUT2D eigenvalue weighted by atomic mass is 16.2. The van der Waals surface area contributed by atoms with Crippen LogP contribution in [0.15, 0.2) is 30.9 Å². The minimum absolute atomic E-state index is 0.0287. The van der Waals surface area contributed by atoms with Crippen molar-refractivity contribution in [3.8, 4) is 0 Å². The van der Waals surface area contributed by atoms with Crippen molar-refractivity contribution < 1.29 is 4.79 Å². The fourth-order valence-corrected chi connectivity index (χ4v) is 3.10. The van der Waals surface area contributed by atoms with Gasteiger partial charge in [0, 0.05) is 19.8 Å². The normalized spacial score (nSPS) is 17.3. The van der Waals surface area contributed by atoms with Gasteiger partial charge in [-0.3, -0.25) is 9.78 Å². The molecule has 1 unspecified atom stereocenters. The van der Waals surface area contributed by atoms with Gasteiger partial charge in [0.1, 0.15) is 5.69 Å². The summed E-state index contributed by atoms with van der Waals surface area (Å²) in [6, 6.07) is 4.17. The van der Waals surface area contributed by atoms with Gasteiger partial charge in [0.15, 0.2) is 0 Å². The van der Waals surface area contributed by atoms with Gasteiger partial charge < -0.3 is 9.47 Å². The predicted octanol–water partition coefficient (Wildman–Crippen LogP) is 2.35. The van der Waals surface area contributed by atoms with Crippen molar-refractivity contribution in [1.82, 2.24) is 19.4 Å². The maximum Gasteiger partial charge on any atom is 0.272 e. The summed E-state index contributed by atoms with van der Waals surface area (Å²) in [4.78, 5) is 23.3. The molecule has 1 atom stereocenters. The van der Waals surface area contributed by atoms with Gasteiger partial charge in [-0.2, -0.15) is 0 Å². The quantitative estimate of drug-likeness (QED) is 0.869. The van der Waals surface area contributed by atoms with E-state index in [0.29, 0.717) is 12.2 Å². The molecular formula is C16H20N4O. The Bertz CT molecular complexity index is 649. The van der Waals surface area contributed by atoms with Gasteiger partial charge in [-0.25, -0.2) is 4.98 Å². The standard InChI is InChI=1S/C16H20N4O/c1-3-20(16(21)14-10-17-11-19(14)2)13-8-4-6-12-7-5-9-18-15(12)13/h5,7,9-11,13H,3-4,6,8H2,1-2H3. The first kappa shape index (κ1) is 13.8. The Labute approximate surface area is 124 Å². The lowest BCUT2D eigenvalue weighted by atomic mass is 9.90. The maximum absolute atomic E-state index is 12.8. The highest BCUT2D eigenvalue weighted by Crippen LogP contribution is 2.33. The van der Waals surface area contributed by atoms with Crippen LogP contribution in [0.25, 0.3) is 0 Å². The second-order valence-corrected chi connectivity index (χ2v) is 5.44. The zero-order valence-corrected chi connectivity index (χ0v) is 12.5. The van der Waals surface area contributed by atoms with Crippen LogP contribution in [0.1, 0.15) is 47.6 Å². The summed E-state index contributed by atoms with van der Waals surface area (Å²) in [6.07, 6.45) is 8.23. The van der Waals surface area contributed by atoms with Crippen LogP contribution in [0.5, 0.6) is 0 Å². The smallest absolute Gasteiger partial charge is 0.272 e. The van der Waals surface area contributed by atoms with Gasteiger partial charge >= 0.3 is 0 Å². The molecule has 0 spiro atoms. The summed E-state index contributed by atoms with van der Waals surface area (Å²) in [5.41, 5.74) is 2.95. The van der Waals surface area contributed by atoms with Crippen LogP contribution in [-0.4, -0.2) is 31.9 Å². The molecule has 0 saturated heterocycles. The third-order valence-corrected chi connectivity index (χ3v) is 4.18. The first-order valence-corrected chi connectivity index (χ1v) is 7.43. The van der Waals surface area contributed by atoms with Gasteiger partial charge in [-0.05, 0) is 37.8 Å². The summed E-state index contributed by atoms with van der Waals surface area (Å²) in [5.74, 6) is 0.0287. The molecule has 21 heavy (non-hydrogen) atoms. The van der Waals surface area contributed by atoms with Crippen LogP contribution < -0.4 is 0 Å². The molecule has 5 nitrogen and oxygen atoms in total. The van der Waals surface area contributed by atoms with Crippen LogP contribution in [0.4, 0.5) is 0 Å². The number of aromatic nitrogens is 3. The lowest BCUT2D eigenvalue weighted by Crippen LogP contribution is -2.37. The highest BCUT2D eigenvalue weighted by Gasteiger charge is 2.30. The summed E-state index contributed by atoms with van der Waals surface area (Å²) >= 11 is 0. The molecule has 0 radical (unpaired) electrons. The number of nitrogens with zero attached hydrogens (tertiary/aromatic N) is 4. The van der Waals surface area contributed by atoms with Crippen LogP contribution in [0.2, 0.25) is 0 Å². The molecule has 0 aromatic carbocycles. The molecule has 0 fully saturated rings. The number of carbonyl (C=O) groups is 1. The van der Waals surface area contributed by atoms with E-state index in [2.05, 4.69) is 16.0 Å². The summed E-state index contributed by atoms with van der Waals surface area (Å²) in [7, 11) is 1.85. The maximum atomic E-state index is 12.8. The van der Waals surface area contributed by atoms with Crippen molar-refractivity contribution in [2.24, 2.45) is 7.05 Å². The van der Waals surface area contributed by atoms with Crippen LogP contribution in [0, 0.1) is 0 Å². The average molecular weight is 284 g/mol. The minimum atomic E-state index is 0.0287. The summed E-state index contributed by atoms with van der Waals surface area (Å²) in [6.45, 7) is 2.69. The molecule has 110 valence electrons. The van der Waals surface area contributed by atoms with E-state index >= 15 is 0 Å². The van der Waals surface area contributed by atoms with E-state index in [4.69, 9.17) is 0 Å². The van der Waals surface area contributed by atoms with E-state index in [1.165, 1.54) is 5.56 Å². The number of pyridine rings is 1. The largest absolute Gasteiger partial charge is 0.330 e. The minimum Gasteiger partial charge on any atom is -0.330 e. The van der Waals surface area contributed by atoms with Crippen molar-refractivity contribution >= 4 is 5.91 Å². The second-order valence-electron chi connectivity index (χ2n) is 5.44. The topological polar surface area (TPSA) is 51.0 Å². The SMILES string of the molecule is CCN(C(=O)c1cncn1C)C1CCCc2cccnc21. The van der Waals surface area contributed by atoms with Gasteiger partial charge in [0.2, 0.25) is 0 Å². The number of hydrogen-bond donors (Lipinski definition) is 0. The summed E-state index contributed by atoms with van der Waals surface area (Å²) in [5, 5.41) is 0. The van der Waals surface area contributed by atoms with Gasteiger partial charge in [-0.15, -0.1) is 0 Å². The number of amides is 1. The average Bonchev–Trinajstić information content (AvgIpc) is 2.94. The third kappa shape index (κ3) is 2.44. The molecular weight excluding hydrogens is 264 g/mol. The van der Waals surface area contributed by atoms with Crippen LogP contribution in [-0.2, 0) is 13.5 Å². The molecule has 2 aromatic rings. The fraction of sp³-hybridized carbons (Fsp3) is 0.438. The molecule has 5 heteroatoms. The molecule has 1 aliphatic rings. The Morgan fingerprint density at radius 1 is 1.52 bits per heavy atom. The van der Waals surface area contributed by atoms with E-state index < -0.39 is 0 Å². The van der Waals surface area contributed by atoms with E-state index in [9.17, 15) is 4.79 Å².